The van der Waals surface area contributed by atoms with Crippen molar-refractivity contribution in [2.75, 3.05) is 47.5 Å². The van der Waals surface area contributed by atoms with Gasteiger partial charge in [-0.1, -0.05) is 6.42 Å². The number of ether oxygens (including phenoxy) is 3. The van der Waals surface area contributed by atoms with Gasteiger partial charge >= 0.3 is 0 Å². The van der Waals surface area contributed by atoms with E-state index in [1.807, 2.05) is 0 Å². The molecule has 2 rings (SSSR count). The lowest BCUT2D eigenvalue weighted by Gasteiger charge is -2.33. The summed E-state index contributed by atoms with van der Waals surface area (Å²) >= 11 is 0. The van der Waals surface area contributed by atoms with Crippen LogP contribution in [0.4, 0.5) is 0 Å². The van der Waals surface area contributed by atoms with Gasteiger partial charge in [-0.2, -0.15) is 0 Å². The van der Waals surface area contributed by atoms with Crippen LogP contribution >= 0.6 is 0 Å². The summed E-state index contributed by atoms with van der Waals surface area (Å²) in [5, 5.41) is 5.69. The van der Waals surface area contributed by atoms with Gasteiger partial charge in [-0.3, -0.25) is 9.59 Å². The smallest absolute Gasteiger partial charge is 0.251 e. The maximum Gasteiger partial charge on any atom is 0.251 e. The quantitative estimate of drug-likeness (QED) is 0.533. The minimum absolute atomic E-state index is 0.0631. The van der Waals surface area contributed by atoms with E-state index in [0.717, 1.165) is 19.5 Å². The first kappa shape index (κ1) is 23.8. The Kier molecular flexibility index (Phi) is 9.73. The van der Waals surface area contributed by atoms with Gasteiger partial charge in [0.1, 0.15) is 0 Å². The van der Waals surface area contributed by atoms with Gasteiger partial charge < -0.3 is 29.7 Å². The highest BCUT2D eigenvalue weighted by atomic mass is 16.5. The van der Waals surface area contributed by atoms with Crippen LogP contribution in [0.15, 0.2) is 12.1 Å². The number of amides is 2. The van der Waals surface area contributed by atoms with Gasteiger partial charge in [-0.05, 0) is 44.9 Å². The molecule has 8 nitrogen and oxygen atoms in total. The third-order valence-electron chi connectivity index (χ3n) is 5.45. The van der Waals surface area contributed by atoms with E-state index in [2.05, 4.69) is 22.5 Å². The molecule has 0 saturated carbocycles. The van der Waals surface area contributed by atoms with Gasteiger partial charge in [0.05, 0.1) is 21.3 Å². The number of rotatable bonds is 11. The molecule has 0 bridgehead atoms. The van der Waals surface area contributed by atoms with Crippen molar-refractivity contribution in [1.29, 1.82) is 0 Å². The van der Waals surface area contributed by atoms with Gasteiger partial charge in [0, 0.05) is 37.7 Å². The van der Waals surface area contributed by atoms with Crippen molar-refractivity contribution in [3.63, 3.8) is 0 Å². The Morgan fingerprint density at radius 1 is 1.03 bits per heavy atom. The number of carbonyl (C=O) groups is 2. The Hall–Kier alpha value is -2.48. The van der Waals surface area contributed by atoms with E-state index in [0.29, 0.717) is 35.4 Å². The first-order valence-electron chi connectivity index (χ1n) is 10.6. The van der Waals surface area contributed by atoms with Crippen molar-refractivity contribution < 1.29 is 23.8 Å². The summed E-state index contributed by atoms with van der Waals surface area (Å²) in [5.74, 6) is 0.869. The predicted octanol–water partition coefficient (Wildman–Crippen LogP) is 2.21. The maximum absolute atomic E-state index is 12.4. The molecular weight excluding hydrogens is 386 g/mol. The lowest BCUT2D eigenvalue weighted by Crippen LogP contribution is -2.39. The summed E-state index contributed by atoms with van der Waals surface area (Å²) in [6, 6.07) is 3.80. The Morgan fingerprint density at radius 2 is 1.73 bits per heavy atom. The fraction of sp³-hybridized carbons (Fsp3) is 0.636. The summed E-state index contributed by atoms with van der Waals surface area (Å²) in [5.41, 5.74) is 0.376. The van der Waals surface area contributed by atoms with Crippen LogP contribution in [-0.2, 0) is 4.79 Å². The highest BCUT2D eigenvalue weighted by Crippen LogP contribution is 2.38. The number of likely N-dealkylation sites (tertiary alicyclic amines) is 1. The molecule has 1 fully saturated rings. The second kappa shape index (κ2) is 12.3. The second-order valence-corrected chi connectivity index (χ2v) is 7.50. The lowest BCUT2D eigenvalue weighted by molar-refractivity contribution is -0.120. The van der Waals surface area contributed by atoms with Gasteiger partial charge in [0.15, 0.2) is 11.5 Å². The molecular formula is C22H35N3O5. The predicted molar refractivity (Wildman–Crippen MR) is 116 cm³/mol. The van der Waals surface area contributed by atoms with Crippen molar-refractivity contribution in [2.45, 2.75) is 45.1 Å². The molecule has 1 heterocycles. The summed E-state index contributed by atoms with van der Waals surface area (Å²) in [4.78, 5) is 26.9. The van der Waals surface area contributed by atoms with E-state index < -0.39 is 0 Å². The van der Waals surface area contributed by atoms with Crippen LogP contribution in [0.25, 0.3) is 0 Å². The molecule has 2 amide bonds. The summed E-state index contributed by atoms with van der Waals surface area (Å²) in [6.07, 6.45) is 5.01. The van der Waals surface area contributed by atoms with Crippen LogP contribution in [0, 0.1) is 0 Å². The molecule has 168 valence electrons. The standard InChI is InChI=1S/C22H35N3O5/c1-16-8-5-6-12-25(16)13-7-10-23-20(26)9-11-24-22(27)17-14-18(28-2)21(30-4)19(15-17)29-3/h14-16H,5-13H2,1-4H3,(H,23,26)(H,24,27)/t16-/m0/s1. The Morgan fingerprint density at radius 3 is 2.33 bits per heavy atom. The van der Waals surface area contributed by atoms with E-state index in [1.165, 1.54) is 40.6 Å². The van der Waals surface area contributed by atoms with Crippen LogP contribution in [-0.4, -0.2) is 70.3 Å². The largest absolute Gasteiger partial charge is 0.493 e. The van der Waals surface area contributed by atoms with Crippen LogP contribution in [0.3, 0.4) is 0 Å². The minimum atomic E-state index is -0.305. The summed E-state index contributed by atoms with van der Waals surface area (Å²) < 4.78 is 15.8. The second-order valence-electron chi connectivity index (χ2n) is 7.50. The Bertz CT molecular complexity index is 685. The fourth-order valence-electron chi connectivity index (χ4n) is 3.69. The molecule has 1 atom stereocenters. The number of nitrogens with one attached hydrogen (secondary N) is 2. The molecule has 1 aromatic rings. The number of benzene rings is 1. The van der Waals surface area contributed by atoms with Crippen LogP contribution in [0.5, 0.6) is 17.2 Å². The third-order valence-corrected chi connectivity index (χ3v) is 5.45. The monoisotopic (exact) mass is 421 g/mol. The Labute approximate surface area is 179 Å². The van der Waals surface area contributed by atoms with Crippen LogP contribution in [0.2, 0.25) is 0 Å². The number of methoxy groups -OCH3 is 3. The third kappa shape index (κ3) is 6.79. The van der Waals surface area contributed by atoms with Crippen molar-refractivity contribution in [3.05, 3.63) is 17.7 Å². The first-order chi connectivity index (χ1) is 14.5. The number of hydrogen-bond donors (Lipinski definition) is 2. The topological polar surface area (TPSA) is 89.1 Å². The van der Waals surface area contributed by atoms with E-state index in [4.69, 9.17) is 14.2 Å². The van der Waals surface area contributed by atoms with Crippen molar-refractivity contribution in [2.24, 2.45) is 0 Å². The zero-order chi connectivity index (χ0) is 21.9. The molecule has 1 saturated heterocycles. The van der Waals surface area contributed by atoms with Gasteiger partial charge in [-0.25, -0.2) is 0 Å². The SMILES string of the molecule is COc1cc(C(=O)NCCC(=O)NCCCN2CCCC[C@@H]2C)cc(OC)c1OC. The molecule has 0 aliphatic carbocycles. The number of carbonyl (C=O) groups excluding carboxylic acids is 2. The highest BCUT2D eigenvalue weighted by molar-refractivity contribution is 5.95. The number of hydrogen-bond acceptors (Lipinski definition) is 6. The summed E-state index contributed by atoms with van der Waals surface area (Å²) in [7, 11) is 4.50. The average molecular weight is 422 g/mol. The van der Waals surface area contributed by atoms with Crippen LogP contribution < -0.4 is 24.8 Å². The van der Waals surface area contributed by atoms with Crippen molar-refractivity contribution >= 4 is 11.8 Å². The normalized spacial score (nSPS) is 16.6. The molecule has 8 heteroatoms. The number of nitrogens with zero attached hydrogens (tertiary/aromatic N) is 1. The number of piperidine rings is 1. The fourth-order valence-corrected chi connectivity index (χ4v) is 3.69. The molecule has 2 N–H and O–H groups in total. The minimum Gasteiger partial charge on any atom is -0.493 e. The molecule has 0 radical (unpaired) electrons. The molecule has 1 aromatic carbocycles. The zero-order valence-electron chi connectivity index (χ0n) is 18.6. The lowest BCUT2D eigenvalue weighted by atomic mass is 10.0. The van der Waals surface area contributed by atoms with Gasteiger partial charge in [-0.15, -0.1) is 0 Å². The molecule has 0 unspecified atom stereocenters. The molecule has 1 aliphatic heterocycles. The average Bonchev–Trinajstić information content (AvgIpc) is 2.76. The van der Waals surface area contributed by atoms with E-state index in [1.54, 1.807) is 12.1 Å². The molecule has 0 aromatic heterocycles. The first-order valence-corrected chi connectivity index (χ1v) is 10.6. The van der Waals surface area contributed by atoms with Crippen LogP contribution in [0.1, 0.15) is 49.4 Å². The van der Waals surface area contributed by atoms with Crippen molar-refractivity contribution in [1.82, 2.24) is 15.5 Å². The Balaban J connectivity index is 1.71. The van der Waals surface area contributed by atoms with E-state index in [9.17, 15) is 9.59 Å². The molecule has 30 heavy (non-hydrogen) atoms. The molecule has 1 aliphatic rings. The van der Waals surface area contributed by atoms with Gasteiger partial charge in [0.25, 0.3) is 5.91 Å². The highest BCUT2D eigenvalue weighted by Gasteiger charge is 2.18. The summed E-state index contributed by atoms with van der Waals surface area (Å²) in [6.45, 7) is 5.35. The molecule has 0 spiro atoms. The maximum atomic E-state index is 12.4. The van der Waals surface area contributed by atoms with E-state index >= 15 is 0 Å². The van der Waals surface area contributed by atoms with Gasteiger partial charge in [0.2, 0.25) is 11.7 Å². The van der Waals surface area contributed by atoms with Crippen molar-refractivity contribution in [3.8, 4) is 17.2 Å². The zero-order valence-corrected chi connectivity index (χ0v) is 18.6. The van der Waals surface area contributed by atoms with E-state index in [-0.39, 0.29) is 24.8 Å².